The minimum absolute atomic E-state index is 0.0725. The maximum atomic E-state index is 13.1. The predicted molar refractivity (Wildman–Crippen MR) is 106 cm³/mol. The van der Waals surface area contributed by atoms with E-state index in [1.165, 1.54) is 12.1 Å². The van der Waals surface area contributed by atoms with E-state index in [9.17, 15) is 9.18 Å². The van der Waals surface area contributed by atoms with E-state index in [0.29, 0.717) is 31.3 Å². The molecular weight excluding hydrogens is 361 g/mol. The zero-order valence-electron chi connectivity index (χ0n) is 16.4. The van der Waals surface area contributed by atoms with E-state index in [0.717, 1.165) is 18.4 Å². The van der Waals surface area contributed by atoms with Gasteiger partial charge in [0.2, 0.25) is 0 Å². The Balaban J connectivity index is 1.73. The fourth-order valence-electron chi connectivity index (χ4n) is 2.78. The lowest BCUT2D eigenvalue weighted by Gasteiger charge is -2.17. The Kier molecular flexibility index (Phi) is 9.28. The van der Waals surface area contributed by atoms with Crippen LogP contribution < -0.4 is 14.8 Å². The van der Waals surface area contributed by atoms with Crippen LogP contribution in [0.25, 0.3) is 0 Å². The van der Waals surface area contributed by atoms with Crippen LogP contribution in [0.5, 0.6) is 11.5 Å². The zero-order chi connectivity index (χ0) is 20.2. The molecule has 2 aromatic carbocycles. The predicted octanol–water partition coefficient (Wildman–Crippen LogP) is 4.28. The Bertz CT molecular complexity index is 721. The lowest BCUT2D eigenvalue weighted by molar-refractivity contribution is -0.123. The van der Waals surface area contributed by atoms with Crippen LogP contribution in [0.2, 0.25) is 0 Å². The molecule has 1 N–H and O–H groups in total. The van der Waals surface area contributed by atoms with Gasteiger partial charge in [-0.3, -0.25) is 4.79 Å². The van der Waals surface area contributed by atoms with Crippen molar-refractivity contribution in [1.29, 1.82) is 0 Å². The van der Waals surface area contributed by atoms with Crippen LogP contribution >= 0.6 is 0 Å². The summed E-state index contributed by atoms with van der Waals surface area (Å²) < 4.78 is 29.9. The summed E-state index contributed by atoms with van der Waals surface area (Å²) in [6, 6.07) is 13.6. The van der Waals surface area contributed by atoms with Gasteiger partial charge in [-0.05, 0) is 56.5 Å². The molecule has 0 aliphatic carbocycles. The summed E-state index contributed by atoms with van der Waals surface area (Å²) in [5.74, 6) is 0.710. The lowest BCUT2D eigenvalue weighted by Crippen LogP contribution is -2.30. The third-order valence-corrected chi connectivity index (χ3v) is 4.08. The van der Waals surface area contributed by atoms with Gasteiger partial charge < -0.3 is 19.5 Å². The van der Waals surface area contributed by atoms with Gasteiger partial charge in [-0.25, -0.2) is 4.39 Å². The summed E-state index contributed by atoms with van der Waals surface area (Å²) >= 11 is 0. The summed E-state index contributed by atoms with van der Waals surface area (Å²) in [7, 11) is 0. The molecule has 0 saturated carbocycles. The molecule has 0 fully saturated rings. The van der Waals surface area contributed by atoms with Crippen molar-refractivity contribution >= 4 is 5.91 Å². The molecule has 152 valence electrons. The Morgan fingerprint density at radius 1 is 1.00 bits per heavy atom. The number of carbonyl (C=O) groups is 1. The molecule has 0 aliphatic rings. The number of para-hydroxylation sites is 2. The van der Waals surface area contributed by atoms with Gasteiger partial charge in [0.05, 0.1) is 12.7 Å². The lowest BCUT2D eigenvalue weighted by atomic mass is 10.0. The van der Waals surface area contributed by atoms with Crippen LogP contribution in [0.3, 0.4) is 0 Å². The molecule has 2 aromatic rings. The van der Waals surface area contributed by atoms with Crippen LogP contribution in [0, 0.1) is 5.82 Å². The van der Waals surface area contributed by atoms with Crippen LogP contribution in [-0.4, -0.2) is 32.3 Å². The minimum atomic E-state index is -0.267. The van der Waals surface area contributed by atoms with E-state index < -0.39 is 0 Å². The SMILES string of the molecule is CCOc1ccccc1OCC(=O)NCCCC(OCC)c1ccc(F)cc1. The van der Waals surface area contributed by atoms with E-state index in [2.05, 4.69) is 5.32 Å². The molecule has 0 saturated heterocycles. The molecule has 1 unspecified atom stereocenters. The van der Waals surface area contributed by atoms with Crippen molar-refractivity contribution in [3.8, 4) is 11.5 Å². The molecule has 2 rings (SSSR count). The van der Waals surface area contributed by atoms with Gasteiger partial charge in [-0.2, -0.15) is 0 Å². The third-order valence-electron chi connectivity index (χ3n) is 4.08. The van der Waals surface area contributed by atoms with E-state index >= 15 is 0 Å². The molecule has 28 heavy (non-hydrogen) atoms. The number of benzene rings is 2. The monoisotopic (exact) mass is 389 g/mol. The highest BCUT2D eigenvalue weighted by atomic mass is 19.1. The normalized spacial score (nSPS) is 11.7. The number of carbonyl (C=O) groups excluding carboxylic acids is 1. The Labute approximate surface area is 165 Å². The molecule has 6 heteroatoms. The van der Waals surface area contributed by atoms with Gasteiger partial charge in [0.1, 0.15) is 5.82 Å². The fraction of sp³-hybridized carbons (Fsp3) is 0.409. The zero-order valence-corrected chi connectivity index (χ0v) is 16.4. The molecule has 1 atom stereocenters. The summed E-state index contributed by atoms with van der Waals surface area (Å²) in [5, 5.41) is 2.84. The number of rotatable bonds is 12. The first-order valence-corrected chi connectivity index (χ1v) is 9.62. The highest BCUT2D eigenvalue weighted by Gasteiger charge is 2.12. The van der Waals surface area contributed by atoms with E-state index in [-0.39, 0.29) is 24.4 Å². The summed E-state index contributed by atoms with van der Waals surface area (Å²) in [4.78, 5) is 12.0. The second-order valence-electron chi connectivity index (χ2n) is 6.16. The smallest absolute Gasteiger partial charge is 0.257 e. The van der Waals surface area contributed by atoms with Gasteiger partial charge in [-0.15, -0.1) is 0 Å². The highest BCUT2D eigenvalue weighted by Crippen LogP contribution is 2.26. The number of ether oxygens (including phenoxy) is 3. The number of nitrogens with one attached hydrogen (secondary N) is 1. The van der Waals surface area contributed by atoms with Crippen LogP contribution in [0.4, 0.5) is 4.39 Å². The van der Waals surface area contributed by atoms with Crippen molar-refractivity contribution in [3.63, 3.8) is 0 Å². The van der Waals surface area contributed by atoms with Crippen molar-refractivity contribution in [2.24, 2.45) is 0 Å². The molecule has 0 radical (unpaired) electrons. The first-order chi connectivity index (χ1) is 13.6. The Morgan fingerprint density at radius 3 is 2.32 bits per heavy atom. The number of amides is 1. The van der Waals surface area contributed by atoms with Crippen molar-refractivity contribution in [2.45, 2.75) is 32.8 Å². The van der Waals surface area contributed by atoms with Gasteiger partial charge in [-0.1, -0.05) is 24.3 Å². The number of halogens is 1. The van der Waals surface area contributed by atoms with Crippen LogP contribution in [-0.2, 0) is 9.53 Å². The second-order valence-corrected chi connectivity index (χ2v) is 6.16. The highest BCUT2D eigenvalue weighted by molar-refractivity contribution is 5.77. The Morgan fingerprint density at radius 2 is 1.68 bits per heavy atom. The van der Waals surface area contributed by atoms with Gasteiger partial charge in [0.25, 0.3) is 5.91 Å². The standard InChI is InChI=1S/C22H28FNO4/c1-3-26-19(17-11-13-18(23)14-12-17)10-7-15-24-22(25)16-28-21-9-6-5-8-20(21)27-4-2/h5-6,8-9,11-14,19H,3-4,7,10,15-16H2,1-2H3,(H,24,25). The third kappa shape index (κ3) is 7.19. The van der Waals surface area contributed by atoms with Gasteiger partial charge >= 0.3 is 0 Å². The molecule has 0 aliphatic heterocycles. The molecular formula is C22H28FNO4. The van der Waals surface area contributed by atoms with E-state index in [1.807, 2.05) is 26.0 Å². The summed E-state index contributed by atoms with van der Waals surface area (Å²) in [6.45, 7) is 5.36. The molecule has 0 bridgehead atoms. The average molecular weight is 389 g/mol. The van der Waals surface area contributed by atoms with Crippen LogP contribution in [0.15, 0.2) is 48.5 Å². The fourth-order valence-corrected chi connectivity index (χ4v) is 2.78. The van der Waals surface area contributed by atoms with Gasteiger partial charge in [0.15, 0.2) is 18.1 Å². The second kappa shape index (κ2) is 12.0. The topological polar surface area (TPSA) is 56.8 Å². The van der Waals surface area contributed by atoms with E-state index in [1.54, 1.807) is 24.3 Å². The Hall–Kier alpha value is -2.60. The minimum Gasteiger partial charge on any atom is -0.490 e. The van der Waals surface area contributed by atoms with Crippen molar-refractivity contribution < 1.29 is 23.4 Å². The average Bonchev–Trinajstić information content (AvgIpc) is 2.70. The van der Waals surface area contributed by atoms with Crippen molar-refractivity contribution in [1.82, 2.24) is 5.32 Å². The number of hydrogen-bond acceptors (Lipinski definition) is 4. The van der Waals surface area contributed by atoms with Crippen molar-refractivity contribution in [2.75, 3.05) is 26.4 Å². The molecule has 0 aromatic heterocycles. The first kappa shape index (κ1) is 21.7. The van der Waals surface area contributed by atoms with Crippen LogP contribution in [0.1, 0.15) is 38.4 Å². The molecule has 1 amide bonds. The van der Waals surface area contributed by atoms with Gasteiger partial charge in [0, 0.05) is 13.2 Å². The van der Waals surface area contributed by atoms with E-state index in [4.69, 9.17) is 14.2 Å². The molecule has 0 spiro atoms. The number of hydrogen-bond donors (Lipinski definition) is 1. The van der Waals surface area contributed by atoms with Crippen molar-refractivity contribution in [3.05, 3.63) is 59.9 Å². The maximum absolute atomic E-state index is 13.1. The molecule has 0 heterocycles. The first-order valence-electron chi connectivity index (χ1n) is 9.62. The largest absolute Gasteiger partial charge is 0.490 e. The maximum Gasteiger partial charge on any atom is 0.257 e. The quantitative estimate of drug-likeness (QED) is 0.551. The summed E-state index contributed by atoms with van der Waals surface area (Å²) in [6.07, 6.45) is 1.36. The molecule has 5 nitrogen and oxygen atoms in total. The summed E-state index contributed by atoms with van der Waals surface area (Å²) in [5.41, 5.74) is 0.936.